The van der Waals surface area contributed by atoms with Gasteiger partial charge in [-0.1, -0.05) is 25.4 Å². The van der Waals surface area contributed by atoms with Crippen LogP contribution in [0.4, 0.5) is 0 Å². The third-order valence-corrected chi connectivity index (χ3v) is 4.32. The summed E-state index contributed by atoms with van der Waals surface area (Å²) in [6, 6.07) is 4.90. The van der Waals surface area contributed by atoms with E-state index in [1.54, 1.807) is 42.1 Å². The van der Waals surface area contributed by atoms with E-state index in [1.807, 2.05) is 20.8 Å². The average molecular weight is 339 g/mol. The number of rotatable bonds is 2. The van der Waals surface area contributed by atoms with Crippen LogP contribution in [-0.4, -0.2) is 48.3 Å². The molecule has 0 aliphatic carbocycles. The number of carbonyl (C=O) groups excluding carboxylic acids is 2. The summed E-state index contributed by atoms with van der Waals surface area (Å²) in [5, 5.41) is 0.645. The molecule has 128 valence electrons. The Hall–Kier alpha value is -1.55. The molecule has 2 rings (SSSR count). The molecular formula is C18H27ClN2O2. The molecule has 0 saturated carbocycles. The number of halogens is 1. The van der Waals surface area contributed by atoms with Gasteiger partial charge in [-0.05, 0) is 49.9 Å². The van der Waals surface area contributed by atoms with Crippen LogP contribution >= 0.6 is 11.6 Å². The number of nitrogens with zero attached hydrogens (tertiary/aromatic N) is 2. The van der Waals surface area contributed by atoms with E-state index < -0.39 is 0 Å². The van der Waals surface area contributed by atoms with Crippen molar-refractivity contribution < 1.29 is 9.59 Å². The van der Waals surface area contributed by atoms with Gasteiger partial charge in [0.05, 0.1) is 0 Å². The van der Waals surface area contributed by atoms with E-state index in [-0.39, 0.29) is 17.9 Å². The van der Waals surface area contributed by atoms with Crippen molar-refractivity contribution >= 4 is 23.4 Å². The Bertz CT molecular complexity index is 558. The molecule has 1 heterocycles. The highest BCUT2D eigenvalue weighted by atomic mass is 35.5. The zero-order valence-electron chi connectivity index (χ0n) is 14.7. The highest BCUT2D eigenvalue weighted by Crippen LogP contribution is 2.23. The number of amides is 2. The van der Waals surface area contributed by atoms with E-state index in [0.29, 0.717) is 17.1 Å². The van der Waals surface area contributed by atoms with Crippen molar-refractivity contribution in [2.75, 3.05) is 20.6 Å². The molecule has 0 radical (unpaired) electrons. The molecule has 1 aliphatic heterocycles. The van der Waals surface area contributed by atoms with Crippen molar-refractivity contribution in [2.45, 2.75) is 46.1 Å². The Morgan fingerprint density at radius 3 is 2.43 bits per heavy atom. The van der Waals surface area contributed by atoms with Crippen LogP contribution in [0.5, 0.6) is 0 Å². The molecule has 0 aromatic heterocycles. The Kier molecular flexibility index (Phi) is 7.56. The topological polar surface area (TPSA) is 40.6 Å². The second kappa shape index (κ2) is 8.92. The van der Waals surface area contributed by atoms with Gasteiger partial charge in [0.15, 0.2) is 0 Å². The van der Waals surface area contributed by atoms with E-state index >= 15 is 0 Å². The minimum absolute atomic E-state index is 0.00580. The van der Waals surface area contributed by atoms with Crippen molar-refractivity contribution in [2.24, 2.45) is 0 Å². The molecular weight excluding hydrogens is 312 g/mol. The summed E-state index contributed by atoms with van der Waals surface area (Å²) in [4.78, 5) is 28.3. The fourth-order valence-electron chi connectivity index (χ4n) is 2.67. The number of piperidine rings is 1. The van der Waals surface area contributed by atoms with Crippen LogP contribution < -0.4 is 0 Å². The van der Waals surface area contributed by atoms with Crippen molar-refractivity contribution in [3.05, 3.63) is 34.3 Å². The van der Waals surface area contributed by atoms with Crippen molar-refractivity contribution in [3.63, 3.8) is 0 Å². The first-order valence-corrected chi connectivity index (χ1v) is 8.58. The van der Waals surface area contributed by atoms with Gasteiger partial charge >= 0.3 is 0 Å². The van der Waals surface area contributed by atoms with Gasteiger partial charge in [-0.2, -0.15) is 0 Å². The summed E-state index contributed by atoms with van der Waals surface area (Å²) < 4.78 is 0. The summed E-state index contributed by atoms with van der Waals surface area (Å²) >= 11 is 6.01. The van der Waals surface area contributed by atoms with Gasteiger partial charge in [0.2, 0.25) is 5.91 Å². The summed E-state index contributed by atoms with van der Waals surface area (Å²) in [7, 11) is 3.46. The molecule has 5 heteroatoms. The van der Waals surface area contributed by atoms with Crippen molar-refractivity contribution in [1.29, 1.82) is 0 Å². The van der Waals surface area contributed by atoms with E-state index in [0.717, 1.165) is 24.8 Å². The zero-order valence-corrected chi connectivity index (χ0v) is 15.5. The monoisotopic (exact) mass is 338 g/mol. The van der Waals surface area contributed by atoms with Gasteiger partial charge in [-0.25, -0.2) is 0 Å². The van der Waals surface area contributed by atoms with E-state index in [2.05, 4.69) is 0 Å². The molecule has 0 bridgehead atoms. The van der Waals surface area contributed by atoms with Gasteiger partial charge in [-0.15, -0.1) is 0 Å². The number of hydrogen-bond acceptors (Lipinski definition) is 2. The van der Waals surface area contributed by atoms with Crippen LogP contribution in [0.3, 0.4) is 0 Å². The third kappa shape index (κ3) is 4.71. The smallest absolute Gasteiger partial charge is 0.254 e. The number of likely N-dealkylation sites (tertiary alicyclic amines) is 1. The molecule has 0 N–H and O–H groups in total. The molecule has 2 amide bonds. The van der Waals surface area contributed by atoms with E-state index in [1.165, 1.54) is 0 Å². The lowest BCUT2D eigenvalue weighted by atomic mass is 9.99. The number of likely N-dealkylation sites (N-methyl/N-ethyl adjacent to an activating group) is 1. The summed E-state index contributed by atoms with van der Waals surface area (Å²) in [5.74, 6) is -0.0941. The SMILES string of the molecule is CC.Cc1cc(C(=O)N2CCCC[C@@H]2C(=O)N(C)C)ccc1Cl. The van der Waals surface area contributed by atoms with Crippen LogP contribution in [0.1, 0.15) is 49.0 Å². The maximum absolute atomic E-state index is 12.7. The molecule has 1 aliphatic rings. The highest BCUT2D eigenvalue weighted by molar-refractivity contribution is 6.31. The molecule has 0 spiro atoms. The molecule has 1 fully saturated rings. The first kappa shape index (κ1) is 19.5. The molecule has 4 nitrogen and oxygen atoms in total. The minimum Gasteiger partial charge on any atom is -0.347 e. The van der Waals surface area contributed by atoms with Gasteiger partial charge in [0.1, 0.15) is 6.04 Å². The molecule has 1 atom stereocenters. The predicted molar refractivity (Wildman–Crippen MR) is 94.9 cm³/mol. The summed E-state index contributed by atoms with van der Waals surface area (Å²) in [6.07, 6.45) is 2.65. The number of carbonyl (C=O) groups is 2. The summed E-state index contributed by atoms with van der Waals surface area (Å²) in [6.45, 7) is 6.50. The lowest BCUT2D eigenvalue weighted by Gasteiger charge is -2.36. The van der Waals surface area contributed by atoms with Crippen LogP contribution in [0.2, 0.25) is 5.02 Å². The normalized spacial score (nSPS) is 17.1. The van der Waals surface area contributed by atoms with Gasteiger partial charge in [-0.3, -0.25) is 9.59 Å². The van der Waals surface area contributed by atoms with Crippen LogP contribution in [0.25, 0.3) is 0 Å². The molecule has 0 unspecified atom stereocenters. The third-order valence-electron chi connectivity index (χ3n) is 3.89. The van der Waals surface area contributed by atoms with Gasteiger partial charge in [0, 0.05) is 31.2 Å². The van der Waals surface area contributed by atoms with Crippen LogP contribution in [0, 0.1) is 6.92 Å². The molecule has 1 aromatic rings. The molecule has 1 saturated heterocycles. The summed E-state index contributed by atoms with van der Waals surface area (Å²) in [5.41, 5.74) is 1.46. The Morgan fingerprint density at radius 2 is 1.87 bits per heavy atom. The maximum atomic E-state index is 12.7. The number of benzene rings is 1. The van der Waals surface area contributed by atoms with Gasteiger partial charge < -0.3 is 9.80 Å². The van der Waals surface area contributed by atoms with Crippen LogP contribution in [0.15, 0.2) is 18.2 Å². The Morgan fingerprint density at radius 1 is 1.22 bits per heavy atom. The largest absolute Gasteiger partial charge is 0.347 e. The number of aryl methyl sites for hydroxylation is 1. The second-order valence-electron chi connectivity index (χ2n) is 5.71. The Balaban J connectivity index is 0.00000127. The van der Waals surface area contributed by atoms with Crippen molar-refractivity contribution in [1.82, 2.24) is 9.80 Å². The number of hydrogen-bond donors (Lipinski definition) is 0. The van der Waals surface area contributed by atoms with E-state index in [4.69, 9.17) is 11.6 Å². The Labute approximate surface area is 144 Å². The fourth-order valence-corrected chi connectivity index (χ4v) is 2.79. The lowest BCUT2D eigenvalue weighted by Crippen LogP contribution is -2.51. The second-order valence-corrected chi connectivity index (χ2v) is 6.11. The average Bonchev–Trinajstić information content (AvgIpc) is 2.57. The fraction of sp³-hybridized carbons (Fsp3) is 0.556. The predicted octanol–water partition coefficient (Wildman–Crippen LogP) is 3.76. The molecule has 1 aromatic carbocycles. The van der Waals surface area contributed by atoms with Crippen LogP contribution in [-0.2, 0) is 4.79 Å². The first-order valence-electron chi connectivity index (χ1n) is 8.20. The standard InChI is InChI=1S/C16H21ClN2O2.C2H6/c1-11-10-12(7-8-13(11)17)15(20)19-9-5-4-6-14(19)16(21)18(2)3;1-2/h7-8,10,14H,4-6,9H2,1-3H3;1-2H3/t14-;/m1./s1. The van der Waals surface area contributed by atoms with Gasteiger partial charge in [0.25, 0.3) is 5.91 Å². The quantitative estimate of drug-likeness (QED) is 0.823. The highest BCUT2D eigenvalue weighted by Gasteiger charge is 2.33. The first-order chi connectivity index (χ1) is 10.9. The zero-order chi connectivity index (χ0) is 17.6. The van der Waals surface area contributed by atoms with Crippen molar-refractivity contribution in [3.8, 4) is 0 Å². The van der Waals surface area contributed by atoms with E-state index in [9.17, 15) is 9.59 Å². The molecule has 23 heavy (non-hydrogen) atoms. The lowest BCUT2D eigenvalue weighted by molar-refractivity contribution is -0.134. The minimum atomic E-state index is -0.350. The maximum Gasteiger partial charge on any atom is 0.254 e.